The number of nitrogens with zero attached hydrogens (tertiary/aromatic N) is 1. The first-order valence-electron chi connectivity index (χ1n) is 7.55. The molecule has 0 aliphatic heterocycles. The molecule has 0 spiro atoms. The summed E-state index contributed by atoms with van der Waals surface area (Å²) < 4.78 is 2.35. The topological polar surface area (TPSA) is 3.88 Å². The van der Waals surface area contributed by atoms with E-state index in [1.54, 1.807) is 11.8 Å². The van der Waals surface area contributed by atoms with Gasteiger partial charge in [0, 0.05) is 28.5 Å². The highest BCUT2D eigenvalue weighted by atomic mass is 32.2. The maximum atomic E-state index is 2.35. The van der Waals surface area contributed by atoms with E-state index in [4.69, 9.17) is 0 Å². The van der Waals surface area contributed by atoms with Crippen LogP contribution in [0.2, 0.25) is 0 Å². The zero-order valence-electron chi connectivity index (χ0n) is 13.0. The monoisotopic (exact) mass is 306 g/mol. The summed E-state index contributed by atoms with van der Waals surface area (Å²) in [6.45, 7) is 3.16. The molecular formula is C20H20NS+. The van der Waals surface area contributed by atoms with Crippen molar-refractivity contribution in [3.8, 4) is 0 Å². The van der Waals surface area contributed by atoms with Gasteiger partial charge in [0.2, 0.25) is 11.2 Å². The molecule has 0 fully saturated rings. The molecule has 3 aromatic rings. The van der Waals surface area contributed by atoms with Gasteiger partial charge in [-0.25, -0.2) is 0 Å². The first-order valence-corrected chi connectivity index (χ1v) is 8.78. The van der Waals surface area contributed by atoms with Gasteiger partial charge in [-0.3, -0.25) is 0 Å². The number of rotatable bonds is 4. The number of hydrogen-bond acceptors (Lipinski definition) is 1. The highest BCUT2D eigenvalue weighted by molar-refractivity contribution is 7.98. The molecule has 0 radical (unpaired) electrons. The van der Waals surface area contributed by atoms with Crippen molar-refractivity contribution in [1.82, 2.24) is 0 Å². The zero-order valence-corrected chi connectivity index (χ0v) is 13.8. The van der Waals surface area contributed by atoms with Gasteiger partial charge in [-0.1, -0.05) is 24.3 Å². The van der Waals surface area contributed by atoms with E-state index in [-0.39, 0.29) is 0 Å². The molecule has 0 saturated carbocycles. The quantitative estimate of drug-likeness (QED) is 0.482. The first kappa shape index (κ1) is 14.9. The Morgan fingerprint density at radius 1 is 0.909 bits per heavy atom. The van der Waals surface area contributed by atoms with E-state index in [1.165, 1.54) is 27.1 Å². The number of aromatic nitrogens is 1. The minimum Gasteiger partial charge on any atom is -0.192 e. The van der Waals surface area contributed by atoms with E-state index in [1.807, 2.05) is 0 Å². The second-order valence-corrected chi connectivity index (χ2v) is 6.05. The predicted molar refractivity (Wildman–Crippen MR) is 97.0 cm³/mol. The summed E-state index contributed by atoms with van der Waals surface area (Å²) in [6, 6.07) is 21.6. The molecule has 1 heterocycles. The van der Waals surface area contributed by atoms with Gasteiger partial charge in [0.25, 0.3) is 0 Å². The number of aryl methyl sites for hydroxylation is 1. The Morgan fingerprint density at radius 3 is 2.41 bits per heavy atom. The summed E-state index contributed by atoms with van der Waals surface area (Å²) in [5.41, 5.74) is 3.74. The van der Waals surface area contributed by atoms with Gasteiger partial charge in [0.05, 0.1) is 0 Å². The first-order chi connectivity index (χ1) is 10.8. The normalized spacial score (nSPS) is 11.4. The number of pyridine rings is 1. The fourth-order valence-electron chi connectivity index (χ4n) is 2.67. The molecule has 0 N–H and O–H groups in total. The number of benzene rings is 2. The summed E-state index contributed by atoms with van der Waals surface area (Å²) in [6.07, 6.45) is 6.48. The van der Waals surface area contributed by atoms with Crippen LogP contribution in [0.15, 0.2) is 65.6 Å². The fraction of sp³-hybridized carbons (Fsp3) is 0.150. The second kappa shape index (κ2) is 6.80. The molecule has 3 rings (SSSR count). The van der Waals surface area contributed by atoms with E-state index in [0.29, 0.717) is 0 Å². The Bertz CT molecular complexity index is 804. The van der Waals surface area contributed by atoms with Crippen molar-refractivity contribution in [3.05, 3.63) is 71.9 Å². The molecule has 0 unspecified atom stereocenters. The lowest BCUT2D eigenvalue weighted by atomic mass is 10.1. The zero-order chi connectivity index (χ0) is 15.4. The van der Waals surface area contributed by atoms with Crippen molar-refractivity contribution in [2.45, 2.75) is 18.4 Å². The van der Waals surface area contributed by atoms with Crippen molar-refractivity contribution in [3.63, 3.8) is 0 Å². The summed E-state index contributed by atoms with van der Waals surface area (Å²) in [5, 5.41) is 1.28. The van der Waals surface area contributed by atoms with Crippen LogP contribution in [0.1, 0.15) is 18.2 Å². The van der Waals surface area contributed by atoms with Gasteiger partial charge in [-0.2, -0.15) is 4.57 Å². The molecule has 2 heteroatoms. The molecule has 0 bridgehead atoms. The molecule has 0 amide bonds. The lowest BCUT2D eigenvalue weighted by molar-refractivity contribution is -0.669. The number of thioether (sulfide) groups is 1. The molecule has 0 aliphatic rings. The third-order valence-electron chi connectivity index (χ3n) is 3.85. The standard InChI is InChI=1S/C20H20NS/c1-3-21-18(13-11-17-6-4-5-7-20(17)21)12-8-16-9-14-19(22-2)15-10-16/h4-15H,3H2,1-2H3/q+1/b12-8+. The maximum absolute atomic E-state index is 2.35. The molecule has 110 valence electrons. The Kier molecular flexibility index (Phi) is 4.59. The molecule has 0 aliphatic carbocycles. The Balaban J connectivity index is 1.97. The third kappa shape index (κ3) is 3.07. The molecule has 1 nitrogen and oxygen atoms in total. The van der Waals surface area contributed by atoms with Gasteiger partial charge < -0.3 is 0 Å². The SMILES string of the molecule is CC[n+]1c(/C=C/c2ccc(SC)cc2)ccc2ccccc21. The summed E-state index contributed by atoms with van der Waals surface area (Å²) in [5.74, 6) is 0. The van der Waals surface area contributed by atoms with Crippen LogP contribution in [0.5, 0.6) is 0 Å². The molecular weight excluding hydrogens is 286 g/mol. The molecule has 2 aromatic carbocycles. The van der Waals surface area contributed by atoms with Crippen molar-refractivity contribution in [1.29, 1.82) is 0 Å². The van der Waals surface area contributed by atoms with E-state index in [2.05, 4.69) is 90.6 Å². The summed E-state index contributed by atoms with van der Waals surface area (Å²) >= 11 is 1.77. The molecule has 0 saturated heterocycles. The van der Waals surface area contributed by atoms with Crippen LogP contribution in [0.3, 0.4) is 0 Å². The second-order valence-electron chi connectivity index (χ2n) is 5.17. The molecule has 22 heavy (non-hydrogen) atoms. The maximum Gasteiger partial charge on any atom is 0.212 e. The van der Waals surface area contributed by atoms with Crippen molar-refractivity contribution in [2.75, 3.05) is 6.26 Å². The van der Waals surface area contributed by atoms with Crippen molar-refractivity contribution in [2.24, 2.45) is 0 Å². The van der Waals surface area contributed by atoms with Gasteiger partial charge in [-0.15, -0.1) is 11.8 Å². The summed E-state index contributed by atoms with van der Waals surface area (Å²) in [4.78, 5) is 1.30. The van der Waals surface area contributed by atoms with Crippen LogP contribution in [-0.2, 0) is 6.54 Å². The number of fused-ring (bicyclic) bond motifs is 1. The van der Waals surface area contributed by atoms with E-state index in [0.717, 1.165) is 6.54 Å². The van der Waals surface area contributed by atoms with Crippen LogP contribution in [-0.4, -0.2) is 6.26 Å². The van der Waals surface area contributed by atoms with Gasteiger partial charge in [-0.05, 0) is 49.1 Å². The number of hydrogen-bond donors (Lipinski definition) is 0. The average molecular weight is 306 g/mol. The van der Waals surface area contributed by atoms with Crippen molar-refractivity contribution < 1.29 is 4.57 Å². The van der Waals surface area contributed by atoms with Crippen LogP contribution >= 0.6 is 11.8 Å². The lowest BCUT2D eigenvalue weighted by Crippen LogP contribution is -2.36. The van der Waals surface area contributed by atoms with Crippen LogP contribution in [0, 0.1) is 0 Å². The van der Waals surface area contributed by atoms with Crippen molar-refractivity contribution >= 4 is 34.8 Å². The molecule has 0 atom stereocenters. The van der Waals surface area contributed by atoms with Crippen LogP contribution in [0.4, 0.5) is 0 Å². The third-order valence-corrected chi connectivity index (χ3v) is 4.60. The van der Waals surface area contributed by atoms with Gasteiger partial charge in [0.1, 0.15) is 6.54 Å². The largest absolute Gasteiger partial charge is 0.212 e. The lowest BCUT2D eigenvalue weighted by Gasteiger charge is -2.02. The minimum absolute atomic E-state index is 0.965. The van der Waals surface area contributed by atoms with E-state index < -0.39 is 0 Å². The van der Waals surface area contributed by atoms with Gasteiger partial charge in [0.15, 0.2) is 0 Å². The number of para-hydroxylation sites is 1. The summed E-state index contributed by atoms with van der Waals surface area (Å²) in [7, 11) is 0. The highest BCUT2D eigenvalue weighted by Crippen LogP contribution is 2.17. The fourth-order valence-corrected chi connectivity index (χ4v) is 3.08. The smallest absolute Gasteiger partial charge is 0.192 e. The Hall–Kier alpha value is -2.06. The average Bonchev–Trinajstić information content (AvgIpc) is 2.59. The Labute approximate surface area is 136 Å². The highest BCUT2D eigenvalue weighted by Gasteiger charge is 2.10. The van der Waals surface area contributed by atoms with E-state index in [9.17, 15) is 0 Å². The Morgan fingerprint density at radius 2 is 1.68 bits per heavy atom. The minimum atomic E-state index is 0.965. The molecule has 1 aromatic heterocycles. The van der Waals surface area contributed by atoms with E-state index >= 15 is 0 Å². The van der Waals surface area contributed by atoms with Gasteiger partial charge >= 0.3 is 0 Å². The predicted octanol–water partition coefficient (Wildman–Crippen LogP) is 5.04. The van der Waals surface area contributed by atoms with Crippen LogP contribution < -0.4 is 4.57 Å². The van der Waals surface area contributed by atoms with Crippen LogP contribution in [0.25, 0.3) is 23.1 Å².